The molecule has 2 aromatic heterocycles. The molecule has 28 heteroatoms. The van der Waals surface area contributed by atoms with Crippen LogP contribution >= 0.6 is 23.5 Å². The Labute approximate surface area is 477 Å². The van der Waals surface area contributed by atoms with Crippen molar-refractivity contribution in [2.75, 3.05) is 43.5 Å². The predicted molar refractivity (Wildman–Crippen MR) is 303 cm³/mol. The van der Waals surface area contributed by atoms with E-state index < -0.39 is 66.2 Å². The maximum absolute atomic E-state index is 14.0. The van der Waals surface area contributed by atoms with Gasteiger partial charge >= 0.3 is 23.5 Å². The Morgan fingerprint density at radius 2 is 1.64 bits per heavy atom. The van der Waals surface area contributed by atoms with E-state index in [-0.39, 0.29) is 58.7 Å². The first-order chi connectivity index (χ1) is 39.0. The number of carboxylic acid groups (broad SMARTS) is 1. The highest BCUT2D eigenvalue weighted by Crippen LogP contribution is 2.66. The molecule has 25 nitrogen and oxygen atoms in total. The Balaban J connectivity index is 0.886. The zero-order valence-corrected chi connectivity index (χ0v) is 49.5. The summed E-state index contributed by atoms with van der Waals surface area (Å²) in [5.74, 6) is -2.11. The summed E-state index contributed by atoms with van der Waals surface area (Å²) in [6.07, 6.45) is 9.39. The SMILES string of the molecule is CCN1c2cc3c(cc2C(C)=CC1(C)C)C(c1cc(C(=O)C(=O)NCCCC/C=C/CO[C@H]2C[C@H](n4cnc5c(N)ncnc54)O[C@@H]2COP(=O)(O)OP(=O)(O)OP(=O)(O)O)ccc1C(=O)[O-])=c1cc2c(cc1O3)=[N+](CC)C(C)(C)C=C2C. The molecule has 5 aromatic rings. The number of allylic oxidation sites excluding steroid dienone is 3. The van der Waals surface area contributed by atoms with Crippen LogP contribution in [0, 0.1) is 0 Å². The van der Waals surface area contributed by atoms with Crippen LogP contribution in [0.2, 0.25) is 0 Å². The summed E-state index contributed by atoms with van der Waals surface area (Å²) in [5.41, 5.74) is 11.9. The number of anilines is 2. The van der Waals surface area contributed by atoms with Crippen LogP contribution in [0.25, 0.3) is 27.9 Å². The fraction of sp³-hybridized carbons (Fsp3) is 0.400. The first-order valence-electron chi connectivity index (χ1n) is 26.7. The van der Waals surface area contributed by atoms with Crippen LogP contribution in [0.4, 0.5) is 11.5 Å². The van der Waals surface area contributed by atoms with Gasteiger partial charge in [-0.25, -0.2) is 33.2 Å². The van der Waals surface area contributed by atoms with Crippen LogP contribution in [0.1, 0.15) is 130 Å². The number of fused-ring (bicyclic) bond motifs is 5. The van der Waals surface area contributed by atoms with Crippen molar-refractivity contribution in [3.63, 3.8) is 0 Å². The summed E-state index contributed by atoms with van der Waals surface area (Å²) in [6.45, 7) is 17.6. The van der Waals surface area contributed by atoms with E-state index in [1.807, 2.05) is 44.2 Å². The number of phosphoric ester groups is 1. The molecule has 5 atom stereocenters. The molecule has 83 heavy (non-hydrogen) atoms. The van der Waals surface area contributed by atoms with Crippen LogP contribution in [-0.2, 0) is 41.1 Å². The fourth-order valence-electron chi connectivity index (χ4n) is 11.5. The lowest BCUT2D eigenvalue weighted by molar-refractivity contribution is -0.255. The smallest absolute Gasteiger partial charge is 0.490 e. The second-order valence-corrected chi connectivity index (χ2v) is 25.9. The number of nitrogens with zero attached hydrogens (tertiary/aromatic N) is 6. The second kappa shape index (κ2) is 23.5. The summed E-state index contributed by atoms with van der Waals surface area (Å²) in [6, 6.07) is 12.1. The molecule has 6 heterocycles. The van der Waals surface area contributed by atoms with Crippen molar-refractivity contribution in [3.05, 3.63) is 123 Å². The maximum atomic E-state index is 14.0. The lowest BCUT2D eigenvalue weighted by Crippen LogP contribution is -2.49. The van der Waals surface area contributed by atoms with Crippen LogP contribution in [-0.4, -0.2) is 113 Å². The summed E-state index contributed by atoms with van der Waals surface area (Å²) in [5, 5.41) is 17.4. The van der Waals surface area contributed by atoms with Crippen molar-refractivity contribution < 1.29 is 80.1 Å². The number of nitrogens with two attached hydrogens (primary N) is 1. The minimum absolute atomic E-state index is 0.00295. The minimum Gasteiger partial charge on any atom is -0.545 e. The number of phosphoric acid groups is 3. The van der Waals surface area contributed by atoms with E-state index >= 15 is 0 Å². The first-order valence-corrected chi connectivity index (χ1v) is 31.2. The molecule has 9 rings (SSSR count). The Bertz CT molecular complexity index is 3850. The largest absolute Gasteiger partial charge is 0.545 e. The van der Waals surface area contributed by atoms with Crippen molar-refractivity contribution in [2.24, 2.45) is 0 Å². The number of amides is 1. The van der Waals surface area contributed by atoms with Crippen molar-refractivity contribution >= 4 is 80.5 Å². The Morgan fingerprint density at radius 1 is 0.892 bits per heavy atom. The van der Waals surface area contributed by atoms with Gasteiger partial charge in [-0.1, -0.05) is 30.4 Å². The number of carbonyl (C=O) groups is 3. The Kier molecular flexibility index (Phi) is 17.3. The van der Waals surface area contributed by atoms with Crippen LogP contribution in [0.5, 0.6) is 11.5 Å². The zero-order valence-electron chi connectivity index (χ0n) is 46.8. The highest BCUT2D eigenvalue weighted by Gasteiger charge is 2.44. The number of benzene rings is 3. The molecule has 0 radical (unpaired) electrons. The van der Waals surface area contributed by atoms with Gasteiger partial charge in [0.25, 0.3) is 5.91 Å². The van der Waals surface area contributed by atoms with Gasteiger partial charge in [-0.15, -0.1) is 0 Å². The quantitative estimate of drug-likeness (QED) is 0.0120. The molecule has 442 valence electrons. The molecule has 4 aliphatic heterocycles. The lowest BCUT2D eigenvalue weighted by Gasteiger charge is -2.43. The first kappa shape index (κ1) is 61.0. The molecular weight excluding hydrogens is 1140 g/mol. The number of unbranched alkanes of at least 4 members (excludes halogenated alkanes) is 2. The maximum Gasteiger partial charge on any atom is 0.490 e. The van der Waals surface area contributed by atoms with E-state index in [0.29, 0.717) is 65.9 Å². The summed E-state index contributed by atoms with van der Waals surface area (Å²) in [7, 11) is -16.9. The molecule has 0 bridgehead atoms. The summed E-state index contributed by atoms with van der Waals surface area (Å²) >= 11 is 0. The lowest BCUT2D eigenvalue weighted by atomic mass is 9.83. The minimum atomic E-state index is -5.78. The standard InChI is InChI=1S/C55H65N8O17P3/c1-9-62-40-23-42-38(21-35(40)31(3)26-54(62,5)6)47(39-22-36-32(4)27-55(7,8)63(10-2)41(36)24-43(39)77-42)37-20-33(16-17-34(37)53(66)67)49(64)52(65)57-18-14-12-11-13-15-19-75-44-25-46(61-30-60-48-50(56)58-29-59-51(48)61)78-45(44)28-76-82(71,72)80-83(73,74)79-81(68,69)70/h13,15-17,20-24,26-27,29-30,44-46H,9-12,14,18-19,25,28H2,1-8H3,(H7-,56,57,58,59,65,66,67,68,69,70,71,72,73,74)/b15-13+/t44-,45+,46+/m0/s1. The van der Waals surface area contributed by atoms with Crippen LogP contribution in [0.15, 0.2) is 79.4 Å². The van der Waals surface area contributed by atoms with Gasteiger partial charge in [-0.3, -0.25) is 18.7 Å². The van der Waals surface area contributed by atoms with Gasteiger partial charge in [-0.2, -0.15) is 8.62 Å². The molecule has 3 aromatic carbocycles. The number of nitrogens with one attached hydrogen (secondary N) is 1. The molecule has 0 saturated carbocycles. The predicted octanol–water partition coefficient (Wildman–Crippen LogP) is 5.59. The van der Waals surface area contributed by atoms with E-state index in [1.165, 1.54) is 35.4 Å². The van der Waals surface area contributed by atoms with Crippen molar-refractivity contribution in [1.29, 1.82) is 0 Å². The number of likely N-dealkylation sites (N-methyl/N-ethyl adjacent to an activating group) is 2. The third kappa shape index (κ3) is 12.9. The number of rotatable bonds is 22. The average Bonchev–Trinajstić information content (AvgIpc) is 1.90. The molecule has 1 fully saturated rings. The number of aromatic nitrogens is 4. The normalized spacial score (nSPS) is 20.3. The number of aromatic carboxylic acids is 1. The molecule has 1 amide bonds. The molecule has 0 aliphatic carbocycles. The molecule has 7 N–H and O–H groups in total. The van der Waals surface area contributed by atoms with Gasteiger partial charge in [-0.05, 0) is 102 Å². The van der Waals surface area contributed by atoms with E-state index in [9.17, 15) is 43.0 Å². The topological polar surface area (TPSA) is 350 Å². The van der Waals surface area contributed by atoms with E-state index in [4.69, 9.17) is 34.3 Å². The molecule has 1 saturated heterocycles. The fourth-order valence-corrected chi connectivity index (χ4v) is 14.5. The number of carbonyl (C=O) groups excluding carboxylic acids is 3. The van der Waals surface area contributed by atoms with Crippen molar-refractivity contribution in [2.45, 2.75) is 111 Å². The summed E-state index contributed by atoms with van der Waals surface area (Å²) in [4.78, 5) is 92.9. The van der Waals surface area contributed by atoms with Crippen molar-refractivity contribution in [1.82, 2.24) is 29.4 Å². The number of nitrogen functional groups attached to an aromatic ring is 1. The third-order valence-corrected chi connectivity index (χ3v) is 18.7. The monoisotopic (exact) mass is 1200 g/mol. The van der Waals surface area contributed by atoms with Gasteiger partial charge in [0, 0.05) is 83.7 Å². The van der Waals surface area contributed by atoms with Gasteiger partial charge in [0.1, 0.15) is 42.2 Å². The van der Waals surface area contributed by atoms with Crippen molar-refractivity contribution in [3.8, 4) is 11.5 Å². The molecule has 2 unspecified atom stereocenters. The highest BCUT2D eigenvalue weighted by molar-refractivity contribution is 7.66. The highest BCUT2D eigenvalue weighted by atomic mass is 31.3. The molecular formula is C55H65N8O17P3. The van der Waals surface area contributed by atoms with Gasteiger partial charge < -0.3 is 59.6 Å². The number of imidazole rings is 1. The average molecular weight is 1200 g/mol. The number of carboxylic acids is 1. The Hall–Kier alpha value is -6.56. The van der Waals surface area contributed by atoms with Gasteiger partial charge in [0.2, 0.25) is 11.1 Å². The summed E-state index contributed by atoms with van der Waals surface area (Å²) < 4.78 is 70.9. The van der Waals surface area contributed by atoms with Gasteiger partial charge in [0.05, 0.1) is 43.2 Å². The molecule has 0 spiro atoms. The van der Waals surface area contributed by atoms with Gasteiger partial charge in [0.15, 0.2) is 17.0 Å². The number of Topliss-reactive ketones (excluding diaryl/α,β-unsaturated/α-hetero) is 1. The second-order valence-electron chi connectivity index (χ2n) is 21.5. The number of hydrogen-bond donors (Lipinski definition) is 6. The number of ketones is 1. The Morgan fingerprint density at radius 3 is 2.35 bits per heavy atom. The van der Waals surface area contributed by atoms with E-state index in [1.54, 1.807) is 6.08 Å². The van der Waals surface area contributed by atoms with Crippen LogP contribution in [0.3, 0.4) is 0 Å². The van der Waals surface area contributed by atoms with E-state index in [2.05, 4.69) is 92.1 Å². The molecule has 4 aliphatic rings. The zero-order chi connectivity index (χ0) is 60.1. The number of hydrogen-bond acceptors (Lipinski definition) is 18. The third-order valence-electron chi connectivity index (χ3n) is 14.9. The van der Waals surface area contributed by atoms with E-state index in [0.717, 1.165) is 33.3 Å². The number of ether oxygens (including phenoxy) is 3. The van der Waals surface area contributed by atoms with Crippen LogP contribution < -0.4 is 40.9 Å².